The van der Waals surface area contributed by atoms with E-state index in [1.807, 2.05) is 30.3 Å². The van der Waals surface area contributed by atoms with E-state index in [0.717, 1.165) is 79.2 Å². The Morgan fingerprint density at radius 3 is 1.81 bits per heavy atom. The third-order valence-corrected chi connectivity index (χ3v) is 11.6. The molecule has 1 aliphatic heterocycles. The average Bonchev–Trinajstić information content (AvgIpc) is 3.16. The highest BCUT2D eigenvalue weighted by molar-refractivity contribution is 6.42. The highest BCUT2D eigenvalue weighted by Crippen LogP contribution is 2.48. The summed E-state index contributed by atoms with van der Waals surface area (Å²) >= 11 is 0. The Hall–Kier alpha value is -5.42. The van der Waals surface area contributed by atoms with Crippen molar-refractivity contribution < 1.29 is 9.59 Å². The van der Waals surface area contributed by atoms with Crippen LogP contribution in [0.2, 0.25) is 0 Å². The molecule has 0 aromatic heterocycles. The summed E-state index contributed by atoms with van der Waals surface area (Å²) in [6.07, 6.45) is 4.69. The van der Waals surface area contributed by atoms with Crippen LogP contribution in [0.4, 0.5) is 22.7 Å². The molecule has 7 aromatic carbocycles. The number of imide groups is 1. The van der Waals surface area contributed by atoms with E-state index in [2.05, 4.69) is 113 Å². The van der Waals surface area contributed by atoms with Crippen molar-refractivity contribution in [2.45, 2.75) is 79.1 Å². The first-order valence-corrected chi connectivity index (χ1v) is 19.4. The first kappa shape index (κ1) is 34.7. The van der Waals surface area contributed by atoms with Crippen LogP contribution in [0.3, 0.4) is 0 Å². The third-order valence-electron chi connectivity index (χ3n) is 11.6. The van der Waals surface area contributed by atoms with Crippen LogP contribution in [-0.4, -0.2) is 18.4 Å². The van der Waals surface area contributed by atoms with Gasteiger partial charge in [-0.2, -0.15) is 0 Å². The van der Waals surface area contributed by atoms with Crippen molar-refractivity contribution in [2.75, 3.05) is 22.1 Å². The van der Waals surface area contributed by atoms with Gasteiger partial charge in [-0.15, -0.1) is 0 Å². The average molecular weight is 700 g/mol. The number of unbranched alkanes of at least 4 members (excludes halogenated alkanes) is 1. The summed E-state index contributed by atoms with van der Waals surface area (Å²) in [5.41, 5.74) is 13.3. The molecule has 5 nitrogen and oxygen atoms in total. The number of amides is 2. The summed E-state index contributed by atoms with van der Waals surface area (Å²) in [6, 6.07) is 33.6. The van der Waals surface area contributed by atoms with Gasteiger partial charge in [-0.05, 0) is 104 Å². The summed E-state index contributed by atoms with van der Waals surface area (Å²) in [4.78, 5) is 33.3. The molecular weight excluding hydrogens is 651 g/mol. The van der Waals surface area contributed by atoms with Gasteiger partial charge in [0.1, 0.15) is 0 Å². The molecule has 1 unspecified atom stereocenters. The molecule has 0 fully saturated rings. The van der Waals surface area contributed by atoms with Crippen molar-refractivity contribution in [1.29, 1.82) is 0 Å². The fourth-order valence-corrected chi connectivity index (χ4v) is 8.89. The lowest BCUT2D eigenvalue weighted by Gasteiger charge is -2.33. The summed E-state index contributed by atoms with van der Waals surface area (Å²) in [5.74, 6) is 0.307. The Kier molecular flexibility index (Phi) is 8.84. The maximum Gasteiger partial charge on any atom is 0.266 e. The van der Waals surface area contributed by atoms with Gasteiger partial charge in [0, 0.05) is 45.5 Å². The number of hydrogen-bond donors (Lipinski definition) is 1. The van der Waals surface area contributed by atoms with Gasteiger partial charge < -0.3 is 10.6 Å². The van der Waals surface area contributed by atoms with Crippen LogP contribution in [0.15, 0.2) is 97.1 Å². The molecule has 1 heterocycles. The van der Waals surface area contributed by atoms with Crippen LogP contribution >= 0.6 is 0 Å². The molecule has 0 bridgehead atoms. The van der Waals surface area contributed by atoms with Crippen molar-refractivity contribution in [3.63, 3.8) is 0 Å². The van der Waals surface area contributed by atoms with E-state index in [9.17, 15) is 9.59 Å². The highest BCUT2D eigenvalue weighted by Gasteiger charge is 2.38. The van der Waals surface area contributed by atoms with Crippen molar-refractivity contribution in [3.05, 3.63) is 119 Å². The van der Waals surface area contributed by atoms with Crippen LogP contribution in [-0.2, 0) is 0 Å². The summed E-state index contributed by atoms with van der Waals surface area (Å²) in [5, 5.41) is 8.46. The summed E-state index contributed by atoms with van der Waals surface area (Å²) in [7, 11) is 0. The van der Waals surface area contributed by atoms with E-state index < -0.39 is 0 Å². The van der Waals surface area contributed by atoms with Gasteiger partial charge in [0.25, 0.3) is 11.8 Å². The number of nitrogens with two attached hydrogens (primary N) is 1. The van der Waals surface area contributed by atoms with Gasteiger partial charge in [-0.3, -0.25) is 9.59 Å². The lowest BCUT2D eigenvalue weighted by Crippen LogP contribution is -2.41. The third kappa shape index (κ3) is 5.51. The predicted molar refractivity (Wildman–Crippen MR) is 225 cm³/mol. The van der Waals surface area contributed by atoms with E-state index in [1.165, 1.54) is 34.9 Å². The smallest absolute Gasteiger partial charge is 0.266 e. The molecule has 5 heteroatoms. The number of fused-ring (bicyclic) bond motifs is 2. The molecule has 2 N–H and O–H groups in total. The second-order valence-electron chi connectivity index (χ2n) is 15.6. The van der Waals surface area contributed by atoms with E-state index in [-0.39, 0.29) is 23.7 Å². The molecule has 53 heavy (non-hydrogen) atoms. The minimum Gasteiger partial charge on any atom is -0.399 e. The quantitative estimate of drug-likeness (QED) is 0.0632. The van der Waals surface area contributed by atoms with Crippen LogP contribution in [0, 0.1) is 5.92 Å². The molecule has 1 aliphatic rings. The molecule has 2 amide bonds. The van der Waals surface area contributed by atoms with Gasteiger partial charge in [-0.25, -0.2) is 4.90 Å². The number of nitrogen functional groups attached to an aromatic ring is 1. The molecule has 0 saturated carbocycles. The Bertz CT molecular complexity index is 2450. The fourth-order valence-electron chi connectivity index (χ4n) is 8.89. The highest BCUT2D eigenvalue weighted by atomic mass is 16.2. The fraction of sp³-hybridized carbons (Fsp3) is 0.292. The zero-order valence-electron chi connectivity index (χ0n) is 31.8. The molecule has 0 saturated heterocycles. The SMILES string of the molecule is CCCCC(CC)CN(c1cccc(N)c1)c1ccc2c3ccc4c5c(ccc(c6cccc1c62)c53)C(=O)N(c1c(C(C)C)cccc1C(C)C)C4=O. The number of anilines is 4. The van der Waals surface area contributed by atoms with Gasteiger partial charge in [0.05, 0.1) is 5.69 Å². The Morgan fingerprint density at radius 1 is 0.642 bits per heavy atom. The number of benzene rings is 7. The van der Waals surface area contributed by atoms with Gasteiger partial charge in [-0.1, -0.05) is 121 Å². The minimum atomic E-state index is -0.258. The van der Waals surface area contributed by atoms with Gasteiger partial charge in [0.2, 0.25) is 0 Å². The largest absolute Gasteiger partial charge is 0.399 e. The molecule has 0 radical (unpaired) electrons. The normalized spacial score (nSPS) is 13.8. The molecule has 1 atom stereocenters. The van der Waals surface area contributed by atoms with Crippen molar-refractivity contribution in [1.82, 2.24) is 0 Å². The Balaban J connectivity index is 1.35. The van der Waals surface area contributed by atoms with E-state index in [4.69, 9.17) is 5.73 Å². The maximum atomic E-state index is 14.7. The molecule has 0 aliphatic carbocycles. The van der Waals surface area contributed by atoms with Crippen LogP contribution in [0.1, 0.15) is 111 Å². The van der Waals surface area contributed by atoms with Crippen molar-refractivity contribution in [3.8, 4) is 0 Å². The topological polar surface area (TPSA) is 66.6 Å². The van der Waals surface area contributed by atoms with E-state index >= 15 is 0 Å². The monoisotopic (exact) mass is 699 g/mol. The first-order chi connectivity index (χ1) is 25.6. The van der Waals surface area contributed by atoms with Crippen molar-refractivity contribution in [2.24, 2.45) is 5.92 Å². The zero-order chi connectivity index (χ0) is 37.1. The number of nitrogens with zero attached hydrogens (tertiary/aromatic N) is 2. The lowest BCUT2D eigenvalue weighted by molar-refractivity contribution is 0.0893. The number of para-hydroxylation sites is 1. The lowest BCUT2D eigenvalue weighted by atomic mass is 9.83. The van der Waals surface area contributed by atoms with Crippen LogP contribution in [0.25, 0.3) is 43.1 Å². The number of carbonyl (C=O) groups excluding carboxylic acids is 2. The number of rotatable bonds is 11. The predicted octanol–water partition coefficient (Wildman–Crippen LogP) is 12.7. The standard InChI is InChI=1S/C48H49N3O2/c1-7-9-13-30(8-2)27-50(32-15-10-14-31(49)26-32)42-25-24-36-38-21-23-41-45-40(22-20-37(44(38)45)35-18-12-19-39(42)43(35)36)47(52)51(48(41)53)46-33(28(3)4)16-11-17-34(46)29(5)6/h10-12,14-26,28-30H,7-9,13,27,49H2,1-6H3. The Morgan fingerprint density at radius 2 is 1.21 bits per heavy atom. The van der Waals surface area contributed by atoms with Gasteiger partial charge in [0.15, 0.2) is 0 Å². The second kappa shape index (κ2) is 13.5. The summed E-state index contributed by atoms with van der Waals surface area (Å²) < 4.78 is 0. The Labute approximate surface area is 312 Å². The molecule has 0 spiro atoms. The molecule has 8 rings (SSSR count). The van der Waals surface area contributed by atoms with Crippen LogP contribution in [0.5, 0.6) is 0 Å². The zero-order valence-corrected chi connectivity index (χ0v) is 31.8. The van der Waals surface area contributed by atoms with Crippen LogP contribution < -0.4 is 15.5 Å². The van der Waals surface area contributed by atoms with E-state index in [0.29, 0.717) is 17.0 Å². The van der Waals surface area contributed by atoms with Gasteiger partial charge >= 0.3 is 0 Å². The number of hydrogen-bond acceptors (Lipinski definition) is 4. The molecule has 268 valence electrons. The van der Waals surface area contributed by atoms with E-state index in [1.54, 1.807) is 0 Å². The number of carbonyl (C=O) groups is 2. The summed E-state index contributed by atoms with van der Waals surface area (Å²) in [6.45, 7) is 13.9. The van der Waals surface area contributed by atoms with Crippen molar-refractivity contribution >= 4 is 77.7 Å². The molecular formula is C48H49N3O2. The maximum absolute atomic E-state index is 14.7. The minimum absolute atomic E-state index is 0.141. The molecule has 7 aromatic rings. The second-order valence-corrected chi connectivity index (χ2v) is 15.6. The first-order valence-electron chi connectivity index (χ1n) is 19.4.